The number of amides is 2. The lowest BCUT2D eigenvalue weighted by molar-refractivity contribution is -0.126. The predicted molar refractivity (Wildman–Crippen MR) is 103 cm³/mol. The van der Waals surface area contributed by atoms with Gasteiger partial charge in [0.1, 0.15) is 0 Å². The van der Waals surface area contributed by atoms with Gasteiger partial charge in [0.15, 0.2) is 0 Å². The number of hydrogen-bond acceptors (Lipinski definition) is 4. The molecule has 3 rings (SSSR count). The van der Waals surface area contributed by atoms with Crippen molar-refractivity contribution in [3.8, 4) is 0 Å². The summed E-state index contributed by atoms with van der Waals surface area (Å²) >= 11 is 0. The fraction of sp³-hybridized carbons (Fsp3) is 0.600. The number of carbonyl (C=O) groups is 2. The number of rotatable bonds is 2. The van der Waals surface area contributed by atoms with Crippen LogP contribution in [0.1, 0.15) is 38.8 Å². The summed E-state index contributed by atoms with van der Waals surface area (Å²) in [4.78, 5) is 24.9. The molecule has 2 aliphatic rings. The van der Waals surface area contributed by atoms with Gasteiger partial charge in [-0.3, -0.25) is 9.59 Å². The highest BCUT2D eigenvalue weighted by atomic mass is 16.2. The third-order valence-corrected chi connectivity index (χ3v) is 4.70. The van der Waals surface area contributed by atoms with Gasteiger partial charge in [0, 0.05) is 26.2 Å². The summed E-state index contributed by atoms with van der Waals surface area (Å²) in [5, 5.41) is 12.5. The number of hydrogen-bond donors (Lipinski definition) is 4. The Morgan fingerprint density at radius 1 is 0.731 bits per heavy atom. The molecule has 0 unspecified atom stereocenters. The van der Waals surface area contributed by atoms with Gasteiger partial charge in [0.25, 0.3) is 0 Å². The van der Waals surface area contributed by atoms with Crippen molar-refractivity contribution in [2.75, 3.05) is 13.1 Å². The van der Waals surface area contributed by atoms with E-state index in [-0.39, 0.29) is 35.7 Å². The molecule has 0 aliphatic carbocycles. The summed E-state index contributed by atoms with van der Waals surface area (Å²) in [6.07, 6.45) is 0. The zero-order chi connectivity index (χ0) is 19.1. The van der Waals surface area contributed by atoms with Crippen LogP contribution < -0.4 is 21.3 Å². The van der Waals surface area contributed by atoms with Crippen molar-refractivity contribution in [1.29, 1.82) is 0 Å². The molecular formula is C20H32N4O2. The molecule has 4 N–H and O–H groups in total. The maximum atomic E-state index is 12.5. The first-order valence-electron chi connectivity index (χ1n) is 9.48. The van der Waals surface area contributed by atoms with Crippen molar-refractivity contribution in [3.63, 3.8) is 0 Å². The Balaban J connectivity index is 2.16. The Hall–Kier alpha value is -1.92. The summed E-state index contributed by atoms with van der Waals surface area (Å²) < 4.78 is 0. The lowest BCUT2D eigenvalue weighted by Crippen LogP contribution is -2.51. The van der Waals surface area contributed by atoms with Crippen molar-refractivity contribution in [2.24, 2.45) is 11.8 Å². The maximum Gasteiger partial charge on any atom is 0.237 e. The molecular weight excluding hydrogens is 328 g/mol. The molecule has 144 valence electrons. The second-order valence-corrected chi connectivity index (χ2v) is 7.60. The van der Waals surface area contributed by atoms with Gasteiger partial charge in [-0.05, 0) is 23.0 Å². The maximum absolute atomic E-state index is 12.5. The minimum Gasteiger partial charge on any atom is -0.353 e. The average molecular weight is 361 g/mol. The highest BCUT2D eigenvalue weighted by Gasteiger charge is 2.23. The second-order valence-electron chi connectivity index (χ2n) is 7.60. The van der Waals surface area contributed by atoms with Crippen LogP contribution in [0, 0.1) is 11.8 Å². The Kier molecular flexibility index (Phi) is 7.60. The smallest absolute Gasteiger partial charge is 0.237 e. The van der Waals surface area contributed by atoms with E-state index in [1.54, 1.807) is 0 Å². The van der Waals surface area contributed by atoms with Gasteiger partial charge in [-0.1, -0.05) is 52.0 Å². The summed E-state index contributed by atoms with van der Waals surface area (Å²) in [6, 6.07) is 7.74. The third kappa shape index (κ3) is 5.81. The summed E-state index contributed by atoms with van der Waals surface area (Å²) in [6.45, 7) is 10.3. The molecule has 0 saturated heterocycles. The molecule has 0 spiro atoms. The monoisotopic (exact) mass is 360 g/mol. The van der Waals surface area contributed by atoms with Gasteiger partial charge in [0.05, 0.1) is 12.1 Å². The molecule has 2 aliphatic heterocycles. The molecule has 26 heavy (non-hydrogen) atoms. The molecule has 0 saturated carbocycles. The van der Waals surface area contributed by atoms with Crippen molar-refractivity contribution in [3.05, 3.63) is 35.4 Å². The van der Waals surface area contributed by atoms with Crippen molar-refractivity contribution >= 4 is 11.8 Å². The molecule has 0 aromatic heterocycles. The third-order valence-electron chi connectivity index (χ3n) is 4.70. The first-order chi connectivity index (χ1) is 12.4. The molecule has 0 radical (unpaired) electrons. The van der Waals surface area contributed by atoms with Crippen LogP contribution in [-0.4, -0.2) is 37.0 Å². The molecule has 6 nitrogen and oxygen atoms in total. The fourth-order valence-corrected chi connectivity index (χ4v) is 3.08. The van der Waals surface area contributed by atoms with Gasteiger partial charge in [-0.2, -0.15) is 0 Å². The van der Waals surface area contributed by atoms with Crippen molar-refractivity contribution < 1.29 is 9.59 Å². The highest BCUT2D eigenvalue weighted by molar-refractivity contribution is 5.83. The Labute approximate surface area is 156 Å². The van der Waals surface area contributed by atoms with Gasteiger partial charge < -0.3 is 21.3 Å². The minimum absolute atomic E-state index is 0.0310. The van der Waals surface area contributed by atoms with Crippen molar-refractivity contribution in [2.45, 2.75) is 52.9 Å². The summed E-state index contributed by atoms with van der Waals surface area (Å²) in [5.74, 6) is 0.294. The Morgan fingerprint density at radius 2 is 1.08 bits per heavy atom. The van der Waals surface area contributed by atoms with Crippen LogP contribution >= 0.6 is 0 Å². The summed E-state index contributed by atoms with van der Waals surface area (Å²) in [5.41, 5.74) is 2.27. The van der Waals surface area contributed by atoms with E-state index >= 15 is 0 Å². The van der Waals surface area contributed by atoms with E-state index in [1.165, 1.54) is 0 Å². The topological polar surface area (TPSA) is 82.3 Å². The Bertz CT molecular complexity index is 545. The number of fused-ring (bicyclic) bond motifs is 13. The van der Waals surface area contributed by atoms with E-state index in [4.69, 9.17) is 0 Å². The van der Waals surface area contributed by atoms with Gasteiger partial charge in [-0.25, -0.2) is 0 Å². The van der Waals surface area contributed by atoms with Crippen LogP contribution in [-0.2, 0) is 22.7 Å². The van der Waals surface area contributed by atoms with Crippen LogP contribution in [0.25, 0.3) is 0 Å². The largest absolute Gasteiger partial charge is 0.353 e. The Morgan fingerprint density at radius 3 is 1.38 bits per heavy atom. The van der Waals surface area contributed by atoms with Crippen LogP contribution in [0.15, 0.2) is 24.3 Å². The molecule has 2 atom stereocenters. The highest BCUT2D eigenvalue weighted by Crippen LogP contribution is 2.09. The molecule has 0 fully saturated rings. The lowest BCUT2D eigenvalue weighted by Gasteiger charge is -2.24. The van der Waals surface area contributed by atoms with Gasteiger partial charge in [-0.15, -0.1) is 0 Å². The predicted octanol–water partition coefficient (Wildman–Crippen LogP) is 1.16. The first kappa shape index (κ1) is 20.4. The van der Waals surface area contributed by atoms with Crippen LogP contribution in [0.2, 0.25) is 0 Å². The van der Waals surface area contributed by atoms with E-state index in [0.717, 1.165) is 11.1 Å². The lowest BCUT2D eigenvalue weighted by atomic mass is 10.0. The molecule has 6 heteroatoms. The molecule has 2 bridgehead atoms. The number of carbonyl (C=O) groups excluding carboxylic acids is 2. The van der Waals surface area contributed by atoms with E-state index in [9.17, 15) is 9.59 Å². The zero-order valence-electron chi connectivity index (χ0n) is 16.3. The van der Waals surface area contributed by atoms with Crippen LogP contribution in [0.3, 0.4) is 0 Å². The molecule has 2 amide bonds. The average Bonchev–Trinajstić information content (AvgIpc) is 2.59. The standard InChI is InChI=1S/C20H32N4O2/c1-13(2)17-19(25)21-9-10-22-20(26)18(14(3)4)24-12-16-7-5-15(6-8-16)11-23-17/h5-8,13-14,17-18,23-24H,9-12H2,1-4H3,(H,21,25)(H,22,26)/t17-,18-/m0/s1. The quantitative estimate of drug-likeness (QED) is 0.597. The summed E-state index contributed by atoms with van der Waals surface area (Å²) in [7, 11) is 0. The van der Waals surface area contributed by atoms with E-state index in [2.05, 4.69) is 45.5 Å². The van der Waals surface area contributed by atoms with Gasteiger partial charge in [0.2, 0.25) is 11.8 Å². The fourth-order valence-electron chi connectivity index (χ4n) is 3.08. The van der Waals surface area contributed by atoms with E-state index < -0.39 is 0 Å². The number of nitrogens with one attached hydrogen (secondary N) is 4. The van der Waals surface area contributed by atoms with E-state index in [1.807, 2.05) is 27.7 Å². The number of benzene rings is 1. The second kappa shape index (κ2) is 9.69. The molecule has 2 heterocycles. The van der Waals surface area contributed by atoms with Crippen LogP contribution in [0.5, 0.6) is 0 Å². The van der Waals surface area contributed by atoms with Gasteiger partial charge >= 0.3 is 0 Å². The molecule has 1 aromatic carbocycles. The zero-order valence-corrected chi connectivity index (χ0v) is 16.3. The van der Waals surface area contributed by atoms with Crippen LogP contribution in [0.4, 0.5) is 0 Å². The molecule has 1 aromatic rings. The minimum atomic E-state index is -0.261. The first-order valence-corrected chi connectivity index (χ1v) is 9.48. The normalized spacial score (nSPS) is 23.2. The van der Waals surface area contributed by atoms with E-state index in [0.29, 0.717) is 26.2 Å². The SMILES string of the molecule is CC(C)[C@@H]1NCc2ccc(cc2)CN[C@@H](C(C)C)C(=O)NCCNC1=O. The van der Waals surface area contributed by atoms with Crippen molar-refractivity contribution in [1.82, 2.24) is 21.3 Å².